The van der Waals surface area contributed by atoms with Crippen LogP contribution < -0.4 is 10.6 Å². The molecule has 0 bridgehead atoms. The van der Waals surface area contributed by atoms with E-state index in [1.54, 1.807) is 0 Å². The minimum absolute atomic E-state index is 0.190. The topological polar surface area (TPSA) is 67.4 Å². The number of benzene rings is 1. The first-order chi connectivity index (χ1) is 9.22. The summed E-state index contributed by atoms with van der Waals surface area (Å²) in [4.78, 5) is 22.5. The Morgan fingerprint density at radius 2 is 1.89 bits per heavy atom. The summed E-state index contributed by atoms with van der Waals surface area (Å²) in [6.45, 7) is 0.599. The maximum atomic E-state index is 11.5. The number of carbonyl (C=O) groups is 2. The first-order valence-electron chi connectivity index (χ1n) is 6.49. The van der Waals surface area contributed by atoms with Gasteiger partial charge < -0.3 is 10.1 Å². The van der Waals surface area contributed by atoms with Gasteiger partial charge in [0.15, 0.2) is 0 Å². The van der Waals surface area contributed by atoms with Gasteiger partial charge in [-0.1, -0.05) is 30.3 Å². The molecule has 2 aliphatic rings. The van der Waals surface area contributed by atoms with Crippen molar-refractivity contribution in [1.29, 1.82) is 0 Å². The molecule has 1 saturated carbocycles. The van der Waals surface area contributed by atoms with Gasteiger partial charge in [0.05, 0.1) is 12.7 Å². The number of rotatable bonds is 4. The third-order valence-corrected chi connectivity index (χ3v) is 3.74. The number of urea groups is 1. The van der Waals surface area contributed by atoms with Crippen molar-refractivity contribution in [2.75, 3.05) is 0 Å². The minimum Gasteiger partial charge on any atom is -0.374 e. The van der Waals surface area contributed by atoms with Crippen molar-refractivity contribution in [3.63, 3.8) is 0 Å². The Hall–Kier alpha value is -1.88. The van der Waals surface area contributed by atoms with Crippen LogP contribution in [0.4, 0.5) is 4.79 Å². The minimum atomic E-state index is -0.386. The number of hydrogen-bond acceptors (Lipinski definition) is 3. The predicted molar refractivity (Wildman–Crippen MR) is 68.2 cm³/mol. The quantitative estimate of drug-likeness (QED) is 0.799. The Morgan fingerprint density at radius 1 is 1.16 bits per heavy atom. The van der Waals surface area contributed by atoms with Crippen molar-refractivity contribution in [3.05, 3.63) is 35.9 Å². The molecule has 19 heavy (non-hydrogen) atoms. The summed E-state index contributed by atoms with van der Waals surface area (Å²) >= 11 is 0. The number of ether oxygens (including phenoxy) is 1. The molecule has 2 fully saturated rings. The van der Waals surface area contributed by atoms with Crippen LogP contribution in [0, 0.1) is 5.92 Å². The van der Waals surface area contributed by atoms with Gasteiger partial charge in [-0.25, -0.2) is 4.79 Å². The normalized spacial score (nSPS) is 29.6. The lowest BCUT2D eigenvalue weighted by molar-refractivity contribution is -0.124. The molecule has 1 heterocycles. The van der Waals surface area contributed by atoms with Crippen LogP contribution >= 0.6 is 0 Å². The molecule has 0 aromatic heterocycles. The number of imide groups is 1. The van der Waals surface area contributed by atoms with Gasteiger partial charge in [-0.3, -0.25) is 10.1 Å². The first kappa shape index (κ1) is 12.2. The third-order valence-electron chi connectivity index (χ3n) is 3.74. The van der Waals surface area contributed by atoms with E-state index in [2.05, 4.69) is 10.6 Å². The van der Waals surface area contributed by atoms with Crippen molar-refractivity contribution in [2.24, 2.45) is 5.92 Å². The van der Waals surface area contributed by atoms with E-state index < -0.39 is 0 Å². The largest absolute Gasteiger partial charge is 0.374 e. The summed E-state index contributed by atoms with van der Waals surface area (Å²) in [6, 6.07) is 9.25. The Balaban J connectivity index is 1.43. The van der Waals surface area contributed by atoms with Crippen LogP contribution in [0.15, 0.2) is 30.3 Å². The van der Waals surface area contributed by atoms with Gasteiger partial charge in [0.1, 0.15) is 6.04 Å². The zero-order chi connectivity index (χ0) is 13.2. The molecular formula is C14H16N2O3. The molecule has 1 aromatic rings. The molecule has 1 unspecified atom stereocenters. The van der Waals surface area contributed by atoms with E-state index in [-0.39, 0.29) is 30.0 Å². The lowest BCUT2D eigenvalue weighted by Crippen LogP contribution is -2.46. The van der Waals surface area contributed by atoms with Gasteiger partial charge in [-0.05, 0) is 24.3 Å². The molecule has 3 rings (SSSR count). The maximum absolute atomic E-state index is 11.5. The van der Waals surface area contributed by atoms with Crippen LogP contribution in [-0.4, -0.2) is 24.1 Å². The van der Waals surface area contributed by atoms with Crippen molar-refractivity contribution in [3.8, 4) is 0 Å². The second-order valence-electron chi connectivity index (χ2n) is 5.09. The second kappa shape index (κ2) is 5.01. The number of nitrogens with one attached hydrogen (secondary N) is 2. The van der Waals surface area contributed by atoms with Crippen LogP contribution in [0.1, 0.15) is 18.4 Å². The molecule has 1 atom stereocenters. The van der Waals surface area contributed by atoms with Gasteiger partial charge in [0.25, 0.3) is 5.91 Å². The molecule has 5 nitrogen and oxygen atoms in total. The molecule has 2 N–H and O–H groups in total. The number of hydrogen-bond donors (Lipinski definition) is 2. The van der Waals surface area contributed by atoms with Gasteiger partial charge in [-0.2, -0.15) is 0 Å². The first-order valence-corrected chi connectivity index (χ1v) is 6.49. The molecule has 100 valence electrons. The highest BCUT2D eigenvalue weighted by Gasteiger charge is 2.43. The lowest BCUT2D eigenvalue weighted by Gasteiger charge is -2.37. The smallest absolute Gasteiger partial charge is 0.322 e. The van der Waals surface area contributed by atoms with E-state index >= 15 is 0 Å². The summed E-state index contributed by atoms with van der Waals surface area (Å²) < 4.78 is 5.77. The maximum Gasteiger partial charge on any atom is 0.322 e. The summed E-state index contributed by atoms with van der Waals surface area (Å²) in [5.41, 5.74) is 1.15. The molecule has 3 amide bonds. The molecule has 1 saturated heterocycles. The second-order valence-corrected chi connectivity index (χ2v) is 5.09. The fraction of sp³-hybridized carbons (Fsp3) is 0.429. The van der Waals surface area contributed by atoms with E-state index in [0.29, 0.717) is 6.61 Å². The molecule has 1 aromatic carbocycles. The molecular weight excluding hydrogens is 244 g/mol. The van der Waals surface area contributed by atoms with Gasteiger partial charge in [-0.15, -0.1) is 0 Å². The Morgan fingerprint density at radius 3 is 2.53 bits per heavy atom. The average molecular weight is 260 g/mol. The summed E-state index contributed by atoms with van der Waals surface area (Å²) in [5, 5.41) is 4.90. The van der Waals surface area contributed by atoms with Gasteiger partial charge >= 0.3 is 6.03 Å². The van der Waals surface area contributed by atoms with E-state index in [1.807, 2.05) is 30.3 Å². The van der Waals surface area contributed by atoms with Crippen LogP contribution in [0.5, 0.6) is 0 Å². The highest BCUT2D eigenvalue weighted by Crippen LogP contribution is 2.34. The predicted octanol–water partition coefficient (Wildman–Crippen LogP) is 1.19. The zero-order valence-electron chi connectivity index (χ0n) is 10.5. The standard InChI is InChI=1S/C14H16N2O3/c17-13-12(15-14(18)16-13)10-6-11(7-10)19-8-9-4-2-1-3-5-9/h1-5,10-12H,6-8H2,(H2,15,16,17,18). The van der Waals surface area contributed by atoms with Crippen LogP contribution in [0.25, 0.3) is 0 Å². The Labute approximate surface area is 111 Å². The average Bonchev–Trinajstić information content (AvgIpc) is 2.68. The highest BCUT2D eigenvalue weighted by atomic mass is 16.5. The molecule has 0 spiro atoms. The number of carbonyl (C=O) groups excluding carboxylic acids is 2. The van der Waals surface area contributed by atoms with E-state index in [1.165, 1.54) is 0 Å². The van der Waals surface area contributed by atoms with Gasteiger partial charge in [0, 0.05) is 0 Å². The zero-order valence-corrected chi connectivity index (χ0v) is 10.5. The van der Waals surface area contributed by atoms with Crippen molar-refractivity contribution < 1.29 is 14.3 Å². The molecule has 0 radical (unpaired) electrons. The highest BCUT2D eigenvalue weighted by molar-refractivity contribution is 6.04. The fourth-order valence-electron chi connectivity index (χ4n) is 2.57. The van der Waals surface area contributed by atoms with Crippen LogP contribution in [0.3, 0.4) is 0 Å². The van der Waals surface area contributed by atoms with Gasteiger partial charge in [0.2, 0.25) is 0 Å². The lowest BCUT2D eigenvalue weighted by atomic mass is 9.77. The van der Waals surface area contributed by atoms with Crippen molar-refractivity contribution in [2.45, 2.75) is 31.6 Å². The van der Waals surface area contributed by atoms with Crippen molar-refractivity contribution in [1.82, 2.24) is 10.6 Å². The third kappa shape index (κ3) is 2.61. The monoisotopic (exact) mass is 260 g/mol. The fourth-order valence-corrected chi connectivity index (χ4v) is 2.57. The van der Waals surface area contributed by atoms with Crippen LogP contribution in [-0.2, 0) is 16.1 Å². The molecule has 1 aliphatic heterocycles. The molecule has 5 heteroatoms. The Kier molecular flexibility index (Phi) is 3.21. The summed E-state index contributed by atoms with van der Waals surface area (Å²) in [6.07, 6.45) is 1.84. The van der Waals surface area contributed by atoms with E-state index in [9.17, 15) is 9.59 Å². The Bertz CT molecular complexity index is 483. The summed E-state index contributed by atoms with van der Waals surface area (Å²) in [5.74, 6) is -0.0104. The molecule has 1 aliphatic carbocycles. The summed E-state index contributed by atoms with van der Waals surface area (Å²) in [7, 11) is 0. The van der Waals surface area contributed by atoms with Crippen LogP contribution in [0.2, 0.25) is 0 Å². The van der Waals surface area contributed by atoms with E-state index in [4.69, 9.17) is 4.74 Å². The SMILES string of the molecule is O=C1NC(=O)C(C2CC(OCc3ccccc3)C2)N1. The number of amides is 3. The van der Waals surface area contributed by atoms with Crippen molar-refractivity contribution >= 4 is 11.9 Å². The van der Waals surface area contributed by atoms with E-state index in [0.717, 1.165) is 18.4 Å².